The van der Waals surface area contributed by atoms with Crippen molar-refractivity contribution in [2.75, 3.05) is 17.2 Å². The Morgan fingerprint density at radius 2 is 1.86 bits per heavy atom. The molecule has 0 atom stereocenters. The van der Waals surface area contributed by atoms with Crippen LogP contribution in [0.25, 0.3) is 0 Å². The van der Waals surface area contributed by atoms with Crippen molar-refractivity contribution in [3.05, 3.63) is 40.4 Å². The van der Waals surface area contributed by atoms with E-state index in [0.29, 0.717) is 5.69 Å². The normalized spacial score (nSPS) is 14.0. The molecule has 1 saturated carbocycles. The summed E-state index contributed by atoms with van der Waals surface area (Å²) < 4.78 is 3.88. The fourth-order valence-corrected chi connectivity index (χ4v) is 4.00. The molecule has 9 heteroatoms. The molecule has 5 N–H and O–H groups in total. The molecule has 3 rings (SSSR count). The molecule has 148 valence electrons. The zero-order chi connectivity index (χ0) is 20.3. The molecule has 1 aromatic carbocycles. The second-order valence-electron chi connectivity index (χ2n) is 6.91. The molecule has 3 amide bonds. The van der Waals surface area contributed by atoms with Gasteiger partial charge < -0.3 is 16.8 Å². The lowest BCUT2D eigenvalue weighted by molar-refractivity contribution is -0.120. The van der Waals surface area contributed by atoms with E-state index in [1.165, 1.54) is 4.90 Å². The van der Waals surface area contributed by atoms with Gasteiger partial charge in [-0.15, -0.1) is 0 Å². The minimum Gasteiger partial charge on any atom is -0.395 e. The number of nitrogen functional groups attached to an aromatic ring is 1. The molecule has 1 aliphatic rings. The maximum Gasteiger partial charge on any atom is 0.272 e. The Kier molecular flexibility index (Phi) is 5.93. The highest BCUT2D eigenvalue weighted by atomic mass is 32.1. The van der Waals surface area contributed by atoms with Crippen molar-refractivity contribution in [3.8, 4) is 0 Å². The van der Waals surface area contributed by atoms with Crippen LogP contribution in [0.5, 0.6) is 0 Å². The molecule has 0 saturated heterocycles. The zero-order valence-corrected chi connectivity index (χ0v) is 16.4. The Bertz CT molecular complexity index is 887. The third-order valence-corrected chi connectivity index (χ3v) is 5.62. The lowest BCUT2D eigenvalue weighted by Crippen LogP contribution is -2.43. The third-order valence-electron chi connectivity index (χ3n) is 4.77. The molecule has 1 aliphatic carbocycles. The van der Waals surface area contributed by atoms with Gasteiger partial charge in [0, 0.05) is 11.7 Å². The Labute approximate surface area is 167 Å². The van der Waals surface area contributed by atoms with E-state index < -0.39 is 11.8 Å². The highest BCUT2D eigenvalue weighted by Crippen LogP contribution is 2.26. The van der Waals surface area contributed by atoms with Gasteiger partial charge in [-0.2, -0.15) is 4.37 Å². The summed E-state index contributed by atoms with van der Waals surface area (Å²) in [7, 11) is 0. The smallest absolute Gasteiger partial charge is 0.272 e. The average Bonchev–Trinajstić information content (AvgIpc) is 3.29. The second-order valence-corrected chi connectivity index (χ2v) is 7.69. The van der Waals surface area contributed by atoms with Crippen molar-refractivity contribution in [1.82, 2.24) is 9.69 Å². The minimum absolute atomic E-state index is 0.0594. The van der Waals surface area contributed by atoms with E-state index in [-0.39, 0.29) is 34.8 Å². The highest BCUT2D eigenvalue weighted by molar-refractivity contribution is 7.09. The molecule has 0 bridgehead atoms. The van der Waals surface area contributed by atoms with E-state index >= 15 is 0 Å². The van der Waals surface area contributed by atoms with Crippen LogP contribution >= 0.6 is 11.5 Å². The number of carbonyl (C=O) groups is 3. The number of nitrogens with zero attached hydrogens (tertiary/aromatic N) is 2. The molecular formula is C19H23N5O3S. The van der Waals surface area contributed by atoms with Crippen LogP contribution < -0.4 is 21.7 Å². The number of rotatable bonds is 6. The zero-order valence-electron chi connectivity index (χ0n) is 15.6. The predicted molar refractivity (Wildman–Crippen MR) is 108 cm³/mol. The Morgan fingerprint density at radius 3 is 2.43 bits per heavy atom. The summed E-state index contributed by atoms with van der Waals surface area (Å²) in [4.78, 5) is 38.5. The van der Waals surface area contributed by atoms with Gasteiger partial charge in [0.25, 0.3) is 11.8 Å². The predicted octanol–water partition coefficient (Wildman–Crippen LogP) is 1.84. The fraction of sp³-hybridized carbons (Fsp3) is 0.368. The largest absolute Gasteiger partial charge is 0.395 e. The molecule has 8 nitrogen and oxygen atoms in total. The monoisotopic (exact) mass is 401 g/mol. The van der Waals surface area contributed by atoms with Crippen LogP contribution in [0.3, 0.4) is 0 Å². The number of carbonyl (C=O) groups excluding carboxylic acids is 3. The van der Waals surface area contributed by atoms with Gasteiger partial charge in [-0.25, -0.2) is 0 Å². The van der Waals surface area contributed by atoms with Crippen LogP contribution in [-0.2, 0) is 4.79 Å². The Hall–Kier alpha value is -2.94. The summed E-state index contributed by atoms with van der Waals surface area (Å²) in [6.45, 7) is 1.78. The quantitative estimate of drug-likeness (QED) is 0.679. The van der Waals surface area contributed by atoms with Gasteiger partial charge in [0.2, 0.25) is 5.91 Å². The van der Waals surface area contributed by atoms with Crippen LogP contribution in [0.1, 0.15) is 51.4 Å². The van der Waals surface area contributed by atoms with E-state index in [4.69, 9.17) is 11.5 Å². The molecule has 0 unspecified atom stereocenters. The highest BCUT2D eigenvalue weighted by Gasteiger charge is 2.28. The van der Waals surface area contributed by atoms with Crippen LogP contribution in [0.15, 0.2) is 24.3 Å². The Morgan fingerprint density at radius 1 is 1.21 bits per heavy atom. The fourth-order valence-electron chi connectivity index (χ4n) is 3.24. The topological polar surface area (TPSA) is 131 Å². The summed E-state index contributed by atoms with van der Waals surface area (Å²) in [5, 5.41) is 2.98. The molecule has 0 spiro atoms. The maximum absolute atomic E-state index is 13.1. The maximum atomic E-state index is 13.1. The number of benzene rings is 1. The van der Waals surface area contributed by atoms with Crippen molar-refractivity contribution < 1.29 is 14.4 Å². The first-order chi connectivity index (χ1) is 13.4. The number of amides is 3. The summed E-state index contributed by atoms with van der Waals surface area (Å²) in [6.07, 6.45) is 4.10. The van der Waals surface area contributed by atoms with E-state index in [1.54, 1.807) is 12.1 Å². The lowest BCUT2D eigenvalue weighted by Gasteiger charge is -2.23. The number of anilines is 2. The van der Waals surface area contributed by atoms with Crippen molar-refractivity contribution in [2.24, 2.45) is 5.73 Å². The lowest BCUT2D eigenvalue weighted by atomic mass is 10.2. The standard InChI is InChI=1S/C19H23N5O3S/c1-11-6-8-13(9-7-11)24(10-14(25)22-12-4-2-3-5-12)19(27)17-15(20)16(18(21)26)23-28-17/h6-9,12H,2-5,10,20H2,1H3,(H2,21,26)(H,22,25). The number of aromatic nitrogens is 1. The first-order valence-electron chi connectivity index (χ1n) is 9.09. The first-order valence-corrected chi connectivity index (χ1v) is 9.87. The summed E-state index contributed by atoms with van der Waals surface area (Å²) in [5.41, 5.74) is 12.5. The van der Waals surface area contributed by atoms with E-state index in [0.717, 1.165) is 42.8 Å². The SMILES string of the molecule is Cc1ccc(N(CC(=O)NC2CCCC2)C(=O)c2snc(C(N)=O)c2N)cc1. The van der Waals surface area contributed by atoms with Gasteiger partial charge in [0.15, 0.2) is 5.69 Å². The summed E-state index contributed by atoms with van der Waals surface area (Å²) >= 11 is 0.800. The molecule has 28 heavy (non-hydrogen) atoms. The van der Waals surface area contributed by atoms with Crippen LogP contribution in [-0.4, -0.2) is 34.7 Å². The number of nitrogens with two attached hydrogens (primary N) is 2. The van der Waals surface area contributed by atoms with Crippen molar-refractivity contribution in [2.45, 2.75) is 38.6 Å². The van der Waals surface area contributed by atoms with Crippen LogP contribution in [0.2, 0.25) is 0 Å². The van der Waals surface area contributed by atoms with Crippen molar-refractivity contribution in [1.29, 1.82) is 0 Å². The number of nitrogens with one attached hydrogen (secondary N) is 1. The average molecular weight is 401 g/mol. The van der Waals surface area contributed by atoms with Gasteiger partial charge in [-0.3, -0.25) is 19.3 Å². The molecule has 1 heterocycles. The molecule has 1 aromatic heterocycles. The number of primary amides is 1. The van der Waals surface area contributed by atoms with Gasteiger partial charge in [0.1, 0.15) is 11.4 Å². The van der Waals surface area contributed by atoms with Gasteiger partial charge in [-0.05, 0) is 43.4 Å². The van der Waals surface area contributed by atoms with Crippen LogP contribution in [0.4, 0.5) is 11.4 Å². The van der Waals surface area contributed by atoms with E-state index in [2.05, 4.69) is 9.69 Å². The molecule has 0 aliphatic heterocycles. The molecule has 2 aromatic rings. The summed E-state index contributed by atoms with van der Waals surface area (Å²) in [6, 6.07) is 7.40. The number of hydrogen-bond acceptors (Lipinski definition) is 6. The summed E-state index contributed by atoms with van der Waals surface area (Å²) in [5.74, 6) is -1.53. The van der Waals surface area contributed by atoms with Crippen molar-refractivity contribution >= 4 is 40.6 Å². The van der Waals surface area contributed by atoms with Gasteiger partial charge in [-0.1, -0.05) is 30.5 Å². The van der Waals surface area contributed by atoms with Crippen LogP contribution in [0, 0.1) is 6.92 Å². The number of hydrogen-bond donors (Lipinski definition) is 3. The molecular weight excluding hydrogens is 378 g/mol. The van der Waals surface area contributed by atoms with Gasteiger partial charge in [0.05, 0.1) is 5.69 Å². The molecule has 0 radical (unpaired) electrons. The first kappa shape index (κ1) is 19.8. The van der Waals surface area contributed by atoms with Crippen molar-refractivity contribution in [3.63, 3.8) is 0 Å². The Balaban J connectivity index is 1.87. The van der Waals surface area contributed by atoms with E-state index in [1.807, 2.05) is 19.1 Å². The third kappa shape index (κ3) is 4.30. The second kappa shape index (κ2) is 8.39. The van der Waals surface area contributed by atoms with E-state index in [9.17, 15) is 14.4 Å². The number of aryl methyl sites for hydroxylation is 1. The molecule has 1 fully saturated rings. The van der Waals surface area contributed by atoms with Gasteiger partial charge >= 0.3 is 0 Å². The minimum atomic E-state index is -0.798.